The summed E-state index contributed by atoms with van der Waals surface area (Å²) >= 11 is 6.21. The standard InChI is InChI=1S/C15H21ClN2O/c1-3-8-18(12-6-7-17-10-12)15(19)13-5-4-11(2)9-14(13)16/h4-5,9,12,17H,3,6-8,10H2,1-2H3. The third-order valence-corrected chi connectivity index (χ3v) is 3.87. The van der Waals surface area contributed by atoms with E-state index < -0.39 is 0 Å². The maximum Gasteiger partial charge on any atom is 0.255 e. The molecular weight excluding hydrogens is 260 g/mol. The van der Waals surface area contributed by atoms with Crippen LogP contribution in [0, 0.1) is 6.92 Å². The average molecular weight is 281 g/mol. The van der Waals surface area contributed by atoms with Crippen molar-refractivity contribution in [2.45, 2.75) is 32.7 Å². The third-order valence-electron chi connectivity index (χ3n) is 3.56. The number of hydrogen-bond donors (Lipinski definition) is 1. The summed E-state index contributed by atoms with van der Waals surface area (Å²) in [5, 5.41) is 3.87. The van der Waals surface area contributed by atoms with Gasteiger partial charge in [-0.1, -0.05) is 24.6 Å². The Hall–Kier alpha value is -1.06. The summed E-state index contributed by atoms with van der Waals surface area (Å²) < 4.78 is 0. The van der Waals surface area contributed by atoms with Crippen LogP contribution < -0.4 is 5.32 Å². The molecule has 0 spiro atoms. The molecule has 104 valence electrons. The first-order valence-electron chi connectivity index (χ1n) is 6.91. The molecule has 3 nitrogen and oxygen atoms in total. The highest BCUT2D eigenvalue weighted by Gasteiger charge is 2.27. The van der Waals surface area contributed by atoms with Crippen molar-refractivity contribution >= 4 is 17.5 Å². The van der Waals surface area contributed by atoms with Crippen LogP contribution in [0.1, 0.15) is 35.7 Å². The number of halogens is 1. The summed E-state index contributed by atoms with van der Waals surface area (Å²) in [6.07, 6.45) is 1.99. The molecule has 1 amide bonds. The molecule has 19 heavy (non-hydrogen) atoms. The summed E-state index contributed by atoms with van der Waals surface area (Å²) in [5.41, 5.74) is 1.69. The van der Waals surface area contributed by atoms with Gasteiger partial charge in [0.25, 0.3) is 5.91 Å². The Morgan fingerprint density at radius 1 is 1.53 bits per heavy atom. The van der Waals surface area contributed by atoms with Crippen molar-refractivity contribution in [1.82, 2.24) is 10.2 Å². The average Bonchev–Trinajstić information content (AvgIpc) is 2.89. The molecule has 0 aromatic heterocycles. The predicted molar refractivity (Wildman–Crippen MR) is 78.8 cm³/mol. The van der Waals surface area contributed by atoms with Gasteiger partial charge in [0.2, 0.25) is 0 Å². The Morgan fingerprint density at radius 2 is 2.32 bits per heavy atom. The number of nitrogens with zero attached hydrogens (tertiary/aromatic N) is 1. The van der Waals surface area contributed by atoms with Crippen molar-refractivity contribution in [2.75, 3.05) is 19.6 Å². The number of nitrogens with one attached hydrogen (secondary N) is 1. The topological polar surface area (TPSA) is 32.3 Å². The molecule has 1 unspecified atom stereocenters. The minimum atomic E-state index is 0.0561. The lowest BCUT2D eigenvalue weighted by Gasteiger charge is -2.28. The normalized spacial score (nSPS) is 18.6. The van der Waals surface area contributed by atoms with Crippen LogP contribution >= 0.6 is 11.6 Å². The summed E-state index contributed by atoms with van der Waals surface area (Å²) in [6.45, 7) is 6.73. The smallest absolute Gasteiger partial charge is 0.255 e. The minimum absolute atomic E-state index is 0.0561. The largest absolute Gasteiger partial charge is 0.334 e. The van der Waals surface area contributed by atoms with E-state index in [1.165, 1.54) is 0 Å². The molecule has 0 aliphatic carbocycles. The van der Waals surface area contributed by atoms with Crippen molar-refractivity contribution in [2.24, 2.45) is 0 Å². The maximum absolute atomic E-state index is 12.7. The molecule has 1 fully saturated rings. The van der Waals surface area contributed by atoms with Gasteiger partial charge in [-0.15, -0.1) is 0 Å². The zero-order valence-electron chi connectivity index (χ0n) is 11.6. The molecule has 1 aliphatic heterocycles. The molecule has 1 aromatic rings. The Morgan fingerprint density at radius 3 is 2.89 bits per heavy atom. The zero-order chi connectivity index (χ0) is 13.8. The fraction of sp³-hybridized carbons (Fsp3) is 0.533. The van der Waals surface area contributed by atoms with Gasteiger partial charge in [-0.25, -0.2) is 0 Å². The minimum Gasteiger partial charge on any atom is -0.334 e. The van der Waals surface area contributed by atoms with Gasteiger partial charge in [0.1, 0.15) is 0 Å². The Kier molecular flexibility index (Phi) is 4.83. The molecule has 0 radical (unpaired) electrons. The van der Waals surface area contributed by atoms with E-state index >= 15 is 0 Å². The van der Waals surface area contributed by atoms with E-state index in [9.17, 15) is 4.79 Å². The number of benzene rings is 1. The van der Waals surface area contributed by atoms with E-state index in [0.29, 0.717) is 16.6 Å². The van der Waals surface area contributed by atoms with Crippen LogP contribution in [-0.2, 0) is 0 Å². The molecule has 2 rings (SSSR count). The lowest BCUT2D eigenvalue weighted by molar-refractivity contribution is 0.0692. The van der Waals surface area contributed by atoms with Crippen LogP contribution in [0.2, 0.25) is 5.02 Å². The lowest BCUT2D eigenvalue weighted by Crippen LogP contribution is -2.42. The zero-order valence-corrected chi connectivity index (χ0v) is 12.3. The van der Waals surface area contributed by atoms with Crippen LogP contribution in [0.25, 0.3) is 0 Å². The van der Waals surface area contributed by atoms with Gasteiger partial charge >= 0.3 is 0 Å². The highest BCUT2D eigenvalue weighted by molar-refractivity contribution is 6.33. The van der Waals surface area contributed by atoms with E-state index in [-0.39, 0.29) is 5.91 Å². The van der Waals surface area contributed by atoms with Crippen molar-refractivity contribution in [3.8, 4) is 0 Å². The van der Waals surface area contributed by atoms with Crippen molar-refractivity contribution < 1.29 is 4.79 Å². The van der Waals surface area contributed by atoms with Gasteiger partial charge in [0.05, 0.1) is 10.6 Å². The number of aryl methyl sites for hydroxylation is 1. The van der Waals surface area contributed by atoms with Gasteiger partial charge in [-0.2, -0.15) is 0 Å². The molecule has 4 heteroatoms. The summed E-state index contributed by atoms with van der Waals surface area (Å²) in [5.74, 6) is 0.0561. The van der Waals surface area contributed by atoms with E-state index in [0.717, 1.165) is 38.0 Å². The second-order valence-corrected chi connectivity index (χ2v) is 5.54. The number of carbonyl (C=O) groups is 1. The van der Waals surface area contributed by atoms with Gasteiger partial charge in [-0.05, 0) is 44.0 Å². The third kappa shape index (κ3) is 3.28. The molecule has 1 saturated heterocycles. The van der Waals surface area contributed by atoms with Gasteiger partial charge in [0, 0.05) is 19.1 Å². The monoisotopic (exact) mass is 280 g/mol. The molecule has 0 bridgehead atoms. The van der Waals surface area contributed by atoms with Crippen LogP contribution in [0.5, 0.6) is 0 Å². The molecular formula is C15H21ClN2O. The van der Waals surface area contributed by atoms with Crippen LogP contribution in [-0.4, -0.2) is 36.5 Å². The Labute approximate surface area is 119 Å². The maximum atomic E-state index is 12.7. The SMILES string of the molecule is CCCN(C(=O)c1ccc(C)cc1Cl)C1CCNC1. The lowest BCUT2D eigenvalue weighted by atomic mass is 10.1. The number of carbonyl (C=O) groups excluding carboxylic acids is 1. The summed E-state index contributed by atoms with van der Waals surface area (Å²) in [4.78, 5) is 14.6. The Balaban J connectivity index is 2.22. The van der Waals surface area contributed by atoms with E-state index in [1.807, 2.05) is 30.0 Å². The predicted octanol–water partition coefficient (Wildman–Crippen LogP) is 2.86. The van der Waals surface area contributed by atoms with Gasteiger partial charge in [0.15, 0.2) is 0 Å². The highest BCUT2D eigenvalue weighted by Crippen LogP contribution is 2.21. The summed E-state index contributed by atoms with van der Waals surface area (Å²) in [7, 11) is 0. The van der Waals surface area contributed by atoms with Crippen LogP contribution in [0.15, 0.2) is 18.2 Å². The molecule has 1 heterocycles. The molecule has 0 saturated carbocycles. The summed E-state index contributed by atoms with van der Waals surface area (Å²) in [6, 6.07) is 5.93. The van der Waals surface area contributed by atoms with Crippen LogP contribution in [0.3, 0.4) is 0 Å². The van der Waals surface area contributed by atoms with Crippen molar-refractivity contribution in [3.63, 3.8) is 0 Å². The molecule has 1 aromatic carbocycles. The highest BCUT2D eigenvalue weighted by atomic mass is 35.5. The fourth-order valence-corrected chi connectivity index (χ4v) is 2.86. The number of amides is 1. The quantitative estimate of drug-likeness (QED) is 0.920. The fourth-order valence-electron chi connectivity index (χ4n) is 2.54. The first-order valence-corrected chi connectivity index (χ1v) is 7.29. The van der Waals surface area contributed by atoms with E-state index in [2.05, 4.69) is 12.2 Å². The first-order chi connectivity index (χ1) is 9.13. The Bertz CT molecular complexity index is 455. The van der Waals surface area contributed by atoms with Crippen molar-refractivity contribution in [3.05, 3.63) is 34.3 Å². The molecule has 1 atom stereocenters. The van der Waals surface area contributed by atoms with Crippen molar-refractivity contribution in [1.29, 1.82) is 0 Å². The molecule has 1 aliphatic rings. The van der Waals surface area contributed by atoms with Gasteiger partial charge < -0.3 is 10.2 Å². The second-order valence-electron chi connectivity index (χ2n) is 5.13. The number of rotatable bonds is 4. The van der Waals surface area contributed by atoms with E-state index in [4.69, 9.17) is 11.6 Å². The number of hydrogen-bond acceptors (Lipinski definition) is 2. The molecule has 1 N–H and O–H groups in total. The second kappa shape index (κ2) is 6.40. The van der Waals surface area contributed by atoms with Crippen LogP contribution in [0.4, 0.5) is 0 Å². The van der Waals surface area contributed by atoms with Gasteiger partial charge in [-0.3, -0.25) is 4.79 Å². The first kappa shape index (κ1) is 14.4. The van der Waals surface area contributed by atoms with E-state index in [1.54, 1.807) is 0 Å².